The van der Waals surface area contributed by atoms with Crippen LogP contribution in [0, 0.1) is 0 Å². The zero-order valence-electron chi connectivity index (χ0n) is 8.85. The van der Waals surface area contributed by atoms with Crippen LogP contribution in [-0.4, -0.2) is 12.6 Å². The standard InChI is InChI=1S/C13H13NO.ClH/c14-6-5-10-8-12-11-4-2-1-3-9(11)7-13(12)15-10;/h1-4,7-8,10H,5-6,14H2;1H. The Morgan fingerprint density at radius 1 is 1.25 bits per heavy atom. The Hall–Kier alpha value is -1.25. The van der Waals surface area contributed by atoms with Crippen molar-refractivity contribution < 1.29 is 4.74 Å². The molecule has 2 aliphatic rings. The molecule has 1 aromatic carbocycles. The predicted molar refractivity (Wildman–Crippen MR) is 68.2 cm³/mol. The average molecular weight is 236 g/mol. The van der Waals surface area contributed by atoms with E-state index in [4.69, 9.17) is 10.5 Å². The first kappa shape index (κ1) is 11.2. The van der Waals surface area contributed by atoms with Gasteiger partial charge in [0.25, 0.3) is 0 Å². The van der Waals surface area contributed by atoms with E-state index >= 15 is 0 Å². The first-order chi connectivity index (χ1) is 7.38. The molecule has 0 aromatic heterocycles. The van der Waals surface area contributed by atoms with Crippen molar-refractivity contribution >= 4 is 24.1 Å². The lowest BCUT2D eigenvalue weighted by Crippen LogP contribution is -2.11. The second kappa shape index (κ2) is 4.32. The largest absolute Gasteiger partial charge is 0.486 e. The van der Waals surface area contributed by atoms with Gasteiger partial charge in [-0.05, 0) is 29.8 Å². The van der Waals surface area contributed by atoms with Gasteiger partial charge in [-0.1, -0.05) is 24.3 Å². The van der Waals surface area contributed by atoms with Crippen LogP contribution in [0.15, 0.2) is 36.1 Å². The van der Waals surface area contributed by atoms with E-state index in [1.807, 2.05) is 0 Å². The molecule has 0 fully saturated rings. The molecule has 1 aromatic rings. The molecule has 0 saturated heterocycles. The lowest BCUT2D eigenvalue weighted by atomic mass is 10.1. The third-order valence-electron chi connectivity index (χ3n) is 2.89. The van der Waals surface area contributed by atoms with E-state index in [9.17, 15) is 0 Å². The molecule has 0 saturated carbocycles. The van der Waals surface area contributed by atoms with Crippen LogP contribution in [0.4, 0.5) is 0 Å². The molecule has 1 aliphatic carbocycles. The van der Waals surface area contributed by atoms with Gasteiger partial charge in [0.05, 0.1) is 0 Å². The van der Waals surface area contributed by atoms with Crippen LogP contribution >= 0.6 is 12.4 Å². The van der Waals surface area contributed by atoms with Crippen LogP contribution in [-0.2, 0) is 4.74 Å². The predicted octanol–water partition coefficient (Wildman–Crippen LogP) is 2.59. The molecule has 0 bridgehead atoms. The van der Waals surface area contributed by atoms with Crippen molar-refractivity contribution in [2.45, 2.75) is 12.5 Å². The van der Waals surface area contributed by atoms with Gasteiger partial charge in [-0.15, -0.1) is 12.4 Å². The molecule has 3 heteroatoms. The maximum absolute atomic E-state index is 5.80. The molecule has 2 N–H and O–H groups in total. The normalized spacial score (nSPS) is 20.2. The van der Waals surface area contributed by atoms with Crippen LogP contribution in [0.2, 0.25) is 0 Å². The first-order valence-corrected chi connectivity index (χ1v) is 5.28. The van der Waals surface area contributed by atoms with E-state index in [-0.39, 0.29) is 18.5 Å². The number of benzene rings is 1. The van der Waals surface area contributed by atoms with Crippen molar-refractivity contribution in [1.82, 2.24) is 0 Å². The molecule has 1 unspecified atom stereocenters. The summed E-state index contributed by atoms with van der Waals surface area (Å²) in [5, 5.41) is 0. The van der Waals surface area contributed by atoms with Crippen LogP contribution in [0.1, 0.15) is 17.5 Å². The lowest BCUT2D eigenvalue weighted by Gasteiger charge is -2.07. The quantitative estimate of drug-likeness (QED) is 0.855. The van der Waals surface area contributed by atoms with Crippen LogP contribution < -0.4 is 5.73 Å². The Morgan fingerprint density at radius 3 is 2.88 bits per heavy atom. The fraction of sp³-hybridized carbons (Fsp3) is 0.231. The highest BCUT2D eigenvalue weighted by Gasteiger charge is 2.27. The van der Waals surface area contributed by atoms with E-state index in [0.29, 0.717) is 6.54 Å². The van der Waals surface area contributed by atoms with Crippen LogP contribution in [0.5, 0.6) is 0 Å². The van der Waals surface area contributed by atoms with Crippen LogP contribution in [0.25, 0.3) is 11.6 Å². The van der Waals surface area contributed by atoms with Crippen molar-refractivity contribution in [2.24, 2.45) is 5.73 Å². The minimum absolute atomic E-state index is 0. The fourth-order valence-electron chi connectivity index (χ4n) is 2.18. The zero-order valence-corrected chi connectivity index (χ0v) is 9.67. The summed E-state index contributed by atoms with van der Waals surface area (Å²) in [6, 6.07) is 8.36. The van der Waals surface area contributed by atoms with Gasteiger partial charge < -0.3 is 10.5 Å². The van der Waals surface area contributed by atoms with E-state index in [1.54, 1.807) is 0 Å². The van der Waals surface area contributed by atoms with E-state index in [2.05, 4.69) is 36.4 Å². The zero-order chi connectivity index (χ0) is 10.3. The maximum Gasteiger partial charge on any atom is 0.128 e. The molecule has 0 radical (unpaired) electrons. The van der Waals surface area contributed by atoms with Crippen molar-refractivity contribution in [3.63, 3.8) is 0 Å². The summed E-state index contributed by atoms with van der Waals surface area (Å²) in [4.78, 5) is 0. The summed E-state index contributed by atoms with van der Waals surface area (Å²) in [5.41, 5.74) is 9.30. The number of ether oxygens (including phenoxy) is 1. The van der Waals surface area contributed by atoms with E-state index in [1.165, 1.54) is 16.7 Å². The van der Waals surface area contributed by atoms with E-state index in [0.717, 1.165) is 12.2 Å². The van der Waals surface area contributed by atoms with Gasteiger partial charge in [0, 0.05) is 12.0 Å². The molecule has 1 atom stereocenters. The molecule has 1 heterocycles. The number of nitrogens with two attached hydrogens (primary N) is 1. The lowest BCUT2D eigenvalue weighted by molar-refractivity contribution is 0.179. The smallest absolute Gasteiger partial charge is 0.128 e. The minimum atomic E-state index is 0. The molecule has 84 valence electrons. The monoisotopic (exact) mass is 235 g/mol. The van der Waals surface area contributed by atoms with Crippen molar-refractivity contribution in [3.8, 4) is 0 Å². The topological polar surface area (TPSA) is 35.2 Å². The highest BCUT2D eigenvalue weighted by molar-refractivity contribution is 5.94. The van der Waals surface area contributed by atoms with Gasteiger partial charge in [0.2, 0.25) is 0 Å². The summed E-state index contributed by atoms with van der Waals surface area (Å²) in [6.45, 7) is 0.670. The Balaban J connectivity index is 0.000000963. The number of hydrogen-bond acceptors (Lipinski definition) is 2. The molecule has 0 spiro atoms. The summed E-state index contributed by atoms with van der Waals surface area (Å²) in [7, 11) is 0. The summed E-state index contributed by atoms with van der Waals surface area (Å²) < 4.78 is 5.80. The van der Waals surface area contributed by atoms with Crippen molar-refractivity contribution in [2.75, 3.05) is 6.54 Å². The molecule has 1 aliphatic heterocycles. The van der Waals surface area contributed by atoms with Gasteiger partial charge >= 0.3 is 0 Å². The highest BCUT2D eigenvalue weighted by Crippen LogP contribution is 2.41. The number of hydrogen-bond donors (Lipinski definition) is 1. The maximum atomic E-state index is 5.80. The molecule has 2 nitrogen and oxygen atoms in total. The fourth-order valence-corrected chi connectivity index (χ4v) is 2.18. The number of allylic oxidation sites excluding steroid dienone is 1. The average Bonchev–Trinajstić information content (AvgIpc) is 2.75. The van der Waals surface area contributed by atoms with Crippen molar-refractivity contribution in [3.05, 3.63) is 47.2 Å². The summed E-state index contributed by atoms with van der Waals surface area (Å²) in [6.07, 6.45) is 5.36. The van der Waals surface area contributed by atoms with Gasteiger partial charge in [-0.25, -0.2) is 0 Å². The Morgan fingerprint density at radius 2 is 2.06 bits per heavy atom. The summed E-state index contributed by atoms with van der Waals surface area (Å²) in [5.74, 6) is 1.01. The molecule has 0 amide bonds. The molecule has 3 rings (SSSR count). The first-order valence-electron chi connectivity index (χ1n) is 5.28. The van der Waals surface area contributed by atoms with Gasteiger partial charge in [-0.3, -0.25) is 0 Å². The van der Waals surface area contributed by atoms with Crippen molar-refractivity contribution in [1.29, 1.82) is 0 Å². The third-order valence-corrected chi connectivity index (χ3v) is 2.89. The third kappa shape index (κ3) is 1.64. The Kier molecular flexibility index (Phi) is 3.03. The number of fused-ring (bicyclic) bond motifs is 3. The molecule has 16 heavy (non-hydrogen) atoms. The number of rotatable bonds is 2. The van der Waals surface area contributed by atoms with Gasteiger partial charge in [0.1, 0.15) is 11.9 Å². The second-order valence-corrected chi connectivity index (χ2v) is 3.91. The molecular weight excluding hydrogens is 222 g/mol. The Bertz CT molecular complexity index is 465. The summed E-state index contributed by atoms with van der Waals surface area (Å²) >= 11 is 0. The number of halogens is 1. The van der Waals surface area contributed by atoms with Gasteiger partial charge in [-0.2, -0.15) is 0 Å². The van der Waals surface area contributed by atoms with Gasteiger partial charge in [0.15, 0.2) is 0 Å². The SMILES string of the molecule is Cl.NCCC1C=C2C(=Cc3ccccc32)O1. The van der Waals surface area contributed by atoms with E-state index < -0.39 is 0 Å². The molecular formula is C13H14ClNO. The minimum Gasteiger partial charge on any atom is -0.486 e. The Labute approximate surface area is 101 Å². The van der Waals surface area contributed by atoms with Crippen LogP contribution in [0.3, 0.4) is 0 Å². The second-order valence-electron chi connectivity index (χ2n) is 3.91. The highest BCUT2D eigenvalue weighted by atomic mass is 35.5.